The Morgan fingerprint density at radius 3 is 2.31 bits per heavy atom. The Kier molecular flexibility index (Phi) is 6.58. The van der Waals surface area contributed by atoms with Crippen molar-refractivity contribution in [1.29, 1.82) is 0 Å². The van der Waals surface area contributed by atoms with Crippen molar-refractivity contribution in [2.75, 3.05) is 10.6 Å². The lowest BCUT2D eigenvalue weighted by Gasteiger charge is -2.08. The van der Waals surface area contributed by atoms with Crippen molar-refractivity contribution in [2.24, 2.45) is 5.92 Å². The molecule has 0 atom stereocenters. The summed E-state index contributed by atoms with van der Waals surface area (Å²) in [4.78, 5) is 24.0. The zero-order valence-electron chi connectivity index (χ0n) is 16.5. The second-order valence-electron chi connectivity index (χ2n) is 7.10. The molecule has 148 valence electrons. The molecule has 1 aromatic heterocycles. The van der Waals surface area contributed by atoms with Gasteiger partial charge in [0.2, 0.25) is 11.8 Å². The monoisotopic (exact) mass is 388 g/mol. The average Bonchev–Trinajstić information content (AvgIpc) is 3.17. The van der Waals surface area contributed by atoms with Crippen LogP contribution in [0.2, 0.25) is 0 Å². The first-order valence-corrected chi connectivity index (χ1v) is 9.48. The zero-order valence-corrected chi connectivity index (χ0v) is 16.5. The maximum absolute atomic E-state index is 12.2. The van der Waals surface area contributed by atoms with Crippen molar-refractivity contribution < 1.29 is 9.59 Å². The largest absolute Gasteiger partial charge is 0.326 e. The van der Waals surface area contributed by atoms with Gasteiger partial charge in [0.05, 0.1) is 11.9 Å². The van der Waals surface area contributed by atoms with Crippen LogP contribution in [0.3, 0.4) is 0 Å². The van der Waals surface area contributed by atoms with E-state index >= 15 is 0 Å². The highest BCUT2D eigenvalue weighted by atomic mass is 16.2. The van der Waals surface area contributed by atoms with Crippen LogP contribution >= 0.6 is 0 Å². The quantitative estimate of drug-likeness (QED) is 0.585. The summed E-state index contributed by atoms with van der Waals surface area (Å²) in [5.74, 6) is 0.0463. The van der Waals surface area contributed by atoms with Crippen LogP contribution in [-0.2, 0) is 9.59 Å². The predicted molar refractivity (Wildman–Crippen MR) is 116 cm³/mol. The van der Waals surface area contributed by atoms with Crippen molar-refractivity contribution in [1.82, 2.24) is 9.78 Å². The molecular formula is C23H24N4O2. The van der Waals surface area contributed by atoms with Gasteiger partial charge in [-0.05, 0) is 48.4 Å². The molecule has 0 aliphatic heterocycles. The molecule has 0 radical (unpaired) electrons. The van der Waals surface area contributed by atoms with E-state index in [1.807, 2.05) is 50.4 Å². The van der Waals surface area contributed by atoms with E-state index in [0.29, 0.717) is 23.7 Å². The molecule has 0 saturated carbocycles. The van der Waals surface area contributed by atoms with Gasteiger partial charge in [-0.2, -0.15) is 5.10 Å². The van der Waals surface area contributed by atoms with Crippen molar-refractivity contribution in [2.45, 2.75) is 20.3 Å². The number of hydrogen-bond acceptors (Lipinski definition) is 3. The lowest BCUT2D eigenvalue weighted by Crippen LogP contribution is -2.14. The number of hydrogen-bond donors (Lipinski definition) is 2. The Bertz CT molecular complexity index is 989. The van der Waals surface area contributed by atoms with Gasteiger partial charge < -0.3 is 10.6 Å². The maximum Gasteiger partial charge on any atom is 0.248 e. The van der Waals surface area contributed by atoms with Crippen LogP contribution in [0, 0.1) is 5.92 Å². The Morgan fingerprint density at radius 1 is 1.00 bits per heavy atom. The van der Waals surface area contributed by atoms with Gasteiger partial charge in [-0.25, -0.2) is 4.68 Å². The Hall–Kier alpha value is -3.67. The lowest BCUT2D eigenvalue weighted by atomic mass is 10.1. The normalized spacial score (nSPS) is 11.0. The first-order valence-electron chi connectivity index (χ1n) is 9.48. The second kappa shape index (κ2) is 9.50. The Labute approximate surface area is 170 Å². The number of nitrogens with one attached hydrogen (secondary N) is 2. The van der Waals surface area contributed by atoms with Crippen molar-refractivity contribution in [3.05, 3.63) is 78.6 Å². The number of carbonyl (C=O) groups is 2. The fraction of sp³-hybridized carbons (Fsp3) is 0.174. The van der Waals surface area contributed by atoms with E-state index in [1.165, 1.54) is 6.08 Å². The summed E-state index contributed by atoms with van der Waals surface area (Å²) < 4.78 is 1.75. The zero-order chi connectivity index (χ0) is 20.6. The summed E-state index contributed by atoms with van der Waals surface area (Å²) >= 11 is 0. The molecule has 0 aliphatic rings. The number of aromatic nitrogens is 2. The maximum atomic E-state index is 12.2. The molecule has 0 fully saturated rings. The molecule has 3 rings (SSSR count). The van der Waals surface area contributed by atoms with Crippen molar-refractivity contribution >= 4 is 29.3 Å². The highest BCUT2D eigenvalue weighted by Gasteiger charge is 2.05. The molecule has 2 aromatic carbocycles. The van der Waals surface area contributed by atoms with Gasteiger partial charge in [-0.1, -0.05) is 32.0 Å². The topological polar surface area (TPSA) is 76.0 Å². The fourth-order valence-electron chi connectivity index (χ4n) is 2.72. The smallest absolute Gasteiger partial charge is 0.248 e. The summed E-state index contributed by atoms with van der Waals surface area (Å²) in [7, 11) is 0. The summed E-state index contributed by atoms with van der Waals surface area (Å²) in [5, 5.41) is 9.94. The minimum atomic E-state index is -0.242. The minimum Gasteiger partial charge on any atom is -0.326 e. The second-order valence-corrected chi connectivity index (χ2v) is 7.10. The Morgan fingerprint density at radius 2 is 1.66 bits per heavy atom. The van der Waals surface area contributed by atoms with Gasteiger partial charge in [0.25, 0.3) is 0 Å². The van der Waals surface area contributed by atoms with E-state index in [1.54, 1.807) is 41.2 Å². The van der Waals surface area contributed by atoms with E-state index in [9.17, 15) is 9.59 Å². The van der Waals surface area contributed by atoms with Gasteiger partial charge in [-0.15, -0.1) is 0 Å². The molecule has 0 spiro atoms. The van der Waals surface area contributed by atoms with Crippen molar-refractivity contribution in [3.8, 4) is 5.69 Å². The van der Waals surface area contributed by atoms with Crippen LogP contribution in [0.5, 0.6) is 0 Å². The third-order valence-electron chi connectivity index (χ3n) is 4.08. The molecule has 6 heteroatoms. The summed E-state index contributed by atoms with van der Waals surface area (Å²) in [6.07, 6.45) is 7.20. The number of para-hydroxylation sites is 1. The van der Waals surface area contributed by atoms with Crippen LogP contribution in [0.15, 0.2) is 73.1 Å². The van der Waals surface area contributed by atoms with E-state index in [0.717, 1.165) is 11.3 Å². The van der Waals surface area contributed by atoms with Crippen LogP contribution in [0.4, 0.5) is 11.4 Å². The molecule has 0 bridgehead atoms. The van der Waals surface area contributed by atoms with Crippen molar-refractivity contribution in [3.63, 3.8) is 0 Å². The molecule has 29 heavy (non-hydrogen) atoms. The molecule has 0 unspecified atom stereocenters. The first-order chi connectivity index (χ1) is 14.0. The van der Waals surface area contributed by atoms with Gasteiger partial charge in [0.15, 0.2) is 0 Å². The lowest BCUT2D eigenvalue weighted by molar-refractivity contribution is -0.117. The average molecular weight is 388 g/mol. The molecular weight excluding hydrogens is 364 g/mol. The molecule has 0 aliphatic carbocycles. The summed E-state index contributed by atoms with van der Waals surface area (Å²) in [6, 6.07) is 16.8. The third-order valence-corrected chi connectivity index (χ3v) is 4.08. The highest BCUT2D eigenvalue weighted by molar-refractivity contribution is 6.02. The predicted octanol–water partition coefficient (Wildman–Crippen LogP) is 4.51. The number of rotatable bonds is 7. The van der Waals surface area contributed by atoms with E-state index in [4.69, 9.17) is 0 Å². The van der Waals surface area contributed by atoms with Gasteiger partial charge >= 0.3 is 0 Å². The van der Waals surface area contributed by atoms with Gasteiger partial charge in [0.1, 0.15) is 0 Å². The Balaban J connectivity index is 1.54. The van der Waals surface area contributed by atoms with Crippen LogP contribution in [0.25, 0.3) is 11.8 Å². The molecule has 1 heterocycles. The SMILES string of the molecule is CC(C)CC(=O)Nc1ccc(NC(=O)/C=C/c2cnn(-c3ccccc3)c2)cc1. The van der Waals surface area contributed by atoms with Gasteiger partial charge in [-0.3, -0.25) is 9.59 Å². The minimum absolute atomic E-state index is 0.0178. The number of carbonyl (C=O) groups excluding carboxylic acids is 2. The van der Waals surface area contributed by atoms with Gasteiger partial charge in [0, 0.05) is 35.6 Å². The van der Waals surface area contributed by atoms with Crippen LogP contribution in [-0.4, -0.2) is 21.6 Å². The van der Waals surface area contributed by atoms with Crippen LogP contribution in [0.1, 0.15) is 25.8 Å². The third kappa shape index (κ3) is 6.17. The van der Waals surface area contributed by atoms with Crippen LogP contribution < -0.4 is 10.6 Å². The molecule has 2 N–H and O–H groups in total. The number of anilines is 2. The van der Waals surface area contributed by atoms with E-state index in [2.05, 4.69) is 15.7 Å². The van der Waals surface area contributed by atoms with E-state index in [-0.39, 0.29) is 11.8 Å². The summed E-state index contributed by atoms with van der Waals surface area (Å²) in [6.45, 7) is 4.00. The summed E-state index contributed by atoms with van der Waals surface area (Å²) in [5.41, 5.74) is 3.14. The number of benzene rings is 2. The molecule has 2 amide bonds. The van der Waals surface area contributed by atoms with E-state index < -0.39 is 0 Å². The highest BCUT2D eigenvalue weighted by Crippen LogP contribution is 2.15. The number of nitrogens with zero attached hydrogens (tertiary/aromatic N) is 2. The fourth-order valence-corrected chi connectivity index (χ4v) is 2.72. The first kappa shape index (κ1) is 20.1. The standard InChI is InChI=1S/C23H24N4O2/c1-17(2)14-23(29)26-20-11-9-19(10-12-20)25-22(28)13-8-18-15-24-27(16-18)21-6-4-3-5-7-21/h3-13,15-17H,14H2,1-2H3,(H,25,28)(H,26,29)/b13-8+. The molecule has 0 saturated heterocycles. The molecule has 3 aromatic rings. The number of amides is 2. The molecule has 6 nitrogen and oxygen atoms in total.